The molecule has 2 N–H and O–H groups in total. The molecule has 1 saturated heterocycles. The summed E-state index contributed by atoms with van der Waals surface area (Å²) in [6.07, 6.45) is 1.70. The smallest absolute Gasteiger partial charge is 0.219 e. The van der Waals surface area contributed by atoms with Gasteiger partial charge in [0, 0.05) is 71.8 Å². The van der Waals surface area contributed by atoms with Gasteiger partial charge in [-0.1, -0.05) is 19.0 Å². The van der Waals surface area contributed by atoms with E-state index >= 15 is 0 Å². The van der Waals surface area contributed by atoms with Gasteiger partial charge in [-0.2, -0.15) is 0 Å². The van der Waals surface area contributed by atoms with Crippen LogP contribution in [0.3, 0.4) is 0 Å². The molecule has 0 bridgehead atoms. The average molecular weight is 364 g/mol. The Morgan fingerprint density at radius 2 is 1.92 bits per heavy atom. The van der Waals surface area contributed by atoms with Gasteiger partial charge in [-0.15, -0.1) is 0 Å². The maximum atomic E-state index is 11.4. The Balaban J connectivity index is 1.73. The summed E-state index contributed by atoms with van der Waals surface area (Å²) in [5.74, 6) is 1.88. The number of nitrogens with one attached hydrogen (secondary N) is 2. The molecule has 8 nitrogen and oxygen atoms in total. The molecule has 1 aromatic rings. The van der Waals surface area contributed by atoms with Gasteiger partial charge >= 0.3 is 0 Å². The first kappa shape index (κ1) is 20.2. The molecule has 26 heavy (non-hydrogen) atoms. The zero-order valence-corrected chi connectivity index (χ0v) is 16.5. The number of guanidine groups is 1. The molecule has 0 aromatic carbocycles. The van der Waals surface area contributed by atoms with Crippen molar-refractivity contribution >= 4 is 11.9 Å². The Morgan fingerprint density at radius 1 is 1.19 bits per heavy atom. The van der Waals surface area contributed by atoms with Gasteiger partial charge in [0.1, 0.15) is 5.76 Å². The Labute approximate surface area is 156 Å². The van der Waals surface area contributed by atoms with Gasteiger partial charge in [0.25, 0.3) is 0 Å². The third-order valence-electron chi connectivity index (χ3n) is 4.80. The molecule has 0 unspecified atom stereocenters. The third kappa shape index (κ3) is 5.45. The van der Waals surface area contributed by atoms with E-state index in [2.05, 4.69) is 39.5 Å². The summed E-state index contributed by atoms with van der Waals surface area (Å²) >= 11 is 0. The van der Waals surface area contributed by atoms with Gasteiger partial charge in [-0.25, -0.2) is 0 Å². The van der Waals surface area contributed by atoms with Crippen LogP contribution in [0.4, 0.5) is 0 Å². The zero-order valence-electron chi connectivity index (χ0n) is 16.5. The highest BCUT2D eigenvalue weighted by molar-refractivity contribution is 5.79. The van der Waals surface area contributed by atoms with Crippen molar-refractivity contribution in [3.05, 3.63) is 17.0 Å². The highest BCUT2D eigenvalue weighted by Crippen LogP contribution is 2.15. The SMILES string of the molecule is CCc1noc(CC)c1CNC(=NC)NCCN1CCN(C(C)=O)CC1. The Bertz CT molecular complexity index is 583. The fourth-order valence-electron chi connectivity index (χ4n) is 3.15. The fraction of sp³-hybridized carbons (Fsp3) is 0.722. The highest BCUT2D eigenvalue weighted by Gasteiger charge is 2.18. The van der Waals surface area contributed by atoms with Gasteiger partial charge < -0.3 is 20.1 Å². The number of rotatable bonds is 7. The molecule has 1 fully saturated rings. The van der Waals surface area contributed by atoms with Crippen LogP contribution in [0.15, 0.2) is 9.52 Å². The Kier molecular flexibility index (Phi) is 7.90. The van der Waals surface area contributed by atoms with Crippen LogP contribution in [-0.4, -0.2) is 73.1 Å². The molecule has 1 amide bonds. The van der Waals surface area contributed by atoms with Crippen molar-refractivity contribution in [1.29, 1.82) is 0 Å². The van der Waals surface area contributed by atoms with Crippen LogP contribution in [0.25, 0.3) is 0 Å². The number of aromatic nitrogens is 1. The molecule has 1 aliphatic rings. The lowest BCUT2D eigenvalue weighted by Crippen LogP contribution is -2.50. The van der Waals surface area contributed by atoms with Gasteiger partial charge in [-0.3, -0.25) is 14.7 Å². The van der Waals surface area contributed by atoms with Gasteiger partial charge in [0.2, 0.25) is 5.91 Å². The molecule has 0 radical (unpaired) electrons. The summed E-state index contributed by atoms with van der Waals surface area (Å²) in [6, 6.07) is 0. The predicted octanol–water partition coefficient (Wildman–Crippen LogP) is 0.629. The summed E-state index contributed by atoms with van der Waals surface area (Å²) < 4.78 is 5.40. The van der Waals surface area contributed by atoms with Crippen LogP contribution in [0.2, 0.25) is 0 Å². The van der Waals surface area contributed by atoms with E-state index in [9.17, 15) is 4.79 Å². The van der Waals surface area contributed by atoms with Gasteiger partial charge in [0.15, 0.2) is 5.96 Å². The van der Waals surface area contributed by atoms with Crippen LogP contribution in [0.1, 0.15) is 37.8 Å². The minimum atomic E-state index is 0.166. The first-order valence-electron chi connectivity index (χ1n) is 9.47. The predicted molar refractivity (Wildman–Crippen MR) is 102 cm³/mol. The number of aryl methyl sites for hydroxylation is 2. The van der Waals surface area contributed by atoms with Crippen molar-refractivity contribution in [2.75, 3.05) is 46.3 Å². The maximum absolute atomic E-state index is 11.4. The quantitative estimate of drug-likeness (QED) is 0.545. The highest BCUT2D eigenvalue weighted by atomic mass is 16.5. The van der Waals surface area contributed by atoms with E-state index in [1.165, 1.54) is 0 Å². The average Bonchev–Trinajstić information content (AvgIpc) is 3.06. The molecular weight excluding hydrogens is 332 g/mol. The van der Waals surface area contributed by atoms with E-state index in [1.807, 2.05) is 4.90 Å². The molecule has 2 heterocycles. The van der Waals surface area contributed by atoms with E-state index in [-0.39, 0.29) is 5.91 Å². The summed E-state index contributed by atoms with van der Waals surface area (Å²) in [5.41, 5.74) is 2.14. The molecule has 1 aliphatic heterocycles. The normalized spacial score (nSPS) is 16.0. The van der Waals surface area contributed by atoms with Crippen LogP contribution >= 0.6 is 0 Å². The van der Waals surface area contributed by atoms with E-state index in [1.54, 1.807) is 14.0 Å². The number of aliphatic imine (C=N–C) groups is 1. The van der Waals surface area contributed by atoms with E-state index < -0.39 is 0 Å². The second-order valence-electron chi connectivity index (χ2n) is 6.44. The monoisotopic (exact) mass is 364 g/mol. The van der Waals surface area contributed by atoms with E-state index in [0.29, 0.717) is 6.54 Å². The van der Waals surface area contributed by atoms with Crippen LogP contribution in [0, 0.1) is 0 Å². The second-order valence-corrected chi connectivity index (χ2v) is 6.44. The Hall–Kier alpha value is -2.09. The molecule has 0 saturated carbocycles. The van der Waals surface area contributed by atoms with Gasteiger partial charge in [-0.05, 0) is 6.42 Å². The van der Waals surface area contributed by atoms with Crippen LogP contribution in [-0.2, 0) is 24.2 Å². The minimum absolute atomic E-state index is 0.166. The first-order chi connectivity index (χ1) is 12.6. The molecule has 146 valence electrons. The molecule has 8 heteroatoms. The van der Waals surface area contributed by atoms with Crippen molar-refractivity contribution in [3.63, 3.8) is 0 Å². The largest absolute Gasteiger partial charge is 0.361 e. The van der Waals surface area contributed by atoms with E-state index in [4.69, 9.17) is 4.52 Å². The maximum Gasteiger partial charge on any atom is 0.219 e. The standard InChI is InChI=1S/C18H32N6O2/c1-5-16-15(17(6-2)26-22-16)13-21-18(19-4)20-7-8-23-9-11-24(12-10-23)14(3)25/h5-13H2,1-4H3,(H2,19,20,21). The summed E-state index contributed by atoms with van der Waals surface area (Å²) in [5, 5.41) is 10.8. The number of amides is 1. The topological polar surface area (TPSA) is 86.0 Å². The number of hydrogen-bond donors (Lipinski definition) is 2. The van der Waals surface area contributed by atoms with Crippen molar-refractivity contribution in [3.8, 4) is 0 Å². The third-order valence-corrected chi connectivity index (χ3v) is 4.80. The zero-order chi connectivity index (χ0) is 18.9. The number of hydrogen-bond acceptors (Lipinski definition) is 5. The van der Waals surface area contributed by atoms with Crippen molar-refractivity contribution in [1.82, 2.24) is 25.6 Å². The summed E-state index contributed by atoms with van der Waals surface area (Å²) in [7, 11) is 1.77. The molecule has 0 atom stereocenters. The summed E-state index contributed by atoms with van der Waals surface area (Å²) in [4.78, 5) is 19.9. The lowest BCUT2D eigenvalue weighted by Gasteiger charge is -2.34. The molecule has 0 spiro atoms. The molecule has 0 aliphatic carbocycles. The molecular formula is C18H32N6O2. The number of carbonyl (C=O) groups excluding carboxylic acids is 1. The van der Waals surface area contributed by atoms with Crippen molar-refractivity contribution in [2.24, 2.45) is 4.99 Å². The minimum Gasteiger partial charge on any atom is -0.361 e. The second kappa shape index (κ2) is 10.2. The lowest BCUT2D eigenvalue weighted by atomic mass is 10.1. The van der Waals surface area contributed by atoms with Crippen LogP contribution < -0.4 is 10.6 Å². The van der Waals surface area contributed by atoms with Crippen molar-refractivity contribution in [2.45, 2.75) is 40.2 Å². The number of piperazine rings is 1. The lowest BCUT2D eigenvalue weighted by molar-refractivity contribution is -0.130. The van der Waals surface area contributed by atoms with E-state index in [0.717, 1.165) is 75.1 Å². The van der Waals surface area contributed by atoms with Crippen molar-refractivity contribution < 1.29 is 9.32 Å². The first-order valence-corrected chi connectivity index (χ1v) is 9.47. The number of nitrogens with zero attached hydrogens (tertiary/aromatic N) is 4. The Morgan fingerprint density at radius 3 is 2.50 bits per heavy atom. The van der Waals surface area contributed by atoms with Gasteiger partial charge in [0.05, 0.1) is 5.69 Å². The fourth-order valence-corrected chi connectivity index (χ4v) is 3.15. The molecule has 2 rings (SSSR count). The molecule has 1 aromatic heterocycles. The van der Waals surface area contributed by atoms with Crippen LogP contribution in [0.5, 0.6) is 0 Å². The summed E-state index contributed by atoms with van der Waals surface area (Å²) in [6.45, 7) is 11.7. The number of carbonyl (C=O) groups is 1.